The Balaban J connectivity index is 1.75. The molecule has 0 heterocycles. The number of carbonyl (C=O) groups is 2. The molecule has 2 saturated carbocycles. The lowest BCUT2D eigenvalue weighted by atomic mass is 9.89. The van der Waals surface area contributed by atoms with E-state index in [1.165, 1.54) is 25.7 Å². The first-order valence-electron chi connectivity index (χ1n) is 6.02. The van der Waals surface area contributed by atoms with Crippen molar-refractivity contribution in [3.05, 3.63) is 0 Å². The number of aliphatic carboxylic acids is 1. The molecule has 16 heavy (non-hydrogen) atoms. The van der Waals surface area contributed by atoms with E-state index in [1.807, 2.05) is 0 Å². The summed E-state index contributed by atoms with van der Waals surface area (Å²) in [4.78, 5) is 22.3. The number of nitrogens with one attached hydrogen (secondary N) is 1. The third-order valence-electron chi connectivity index (χ3n) is 3.94. The van der Waals surface area contributed by atoms with Crippen LogP contribution in [0.2, 0.25) is 0 Å². The molecule has 0 aromatic rings. The zero-order chi connectivity index (χ0) is 11.8. The summed E-state index contributed by atoms with van der Waals surface area (Å²) in [6.45, 7) is 2.90. The van der Waals surface area contributed by atoms with Gasteiger partial charge in [0.1, 0.15) is 0 Å². The van der Waals surface area contributed by atoms with Gasteiger partial charge in [0.25, 0.3) is 0 Å². The van der Waals surface area contributed by atoms with E-state index in [0.29, 0.717) is 13.0 Å². The van der Waals surface area contributed by atoms with Gasteiger partial charge in [0.15, 0.2) is 0 Å². The molecular weight excluding hydrogens is 206 g/mol. The molecule has 2 atom stereocenters. The number of carboxylic acid groups (broad SMARTS) is 1. The highest BCUT2D eigenvalue weighted by molar-refractivity contribution is 5.89. The van der Waals surface area contributed by atoms with E-state index in [-0.39, 0.29) is 17.2 Å². The number of carboxylic acids is 1. The summed E-state index contributed by atoms with van der Waals surface area (Å²) in [5.74, 6) is -1.62. The minimum atomic E-state index is -0.841. The predicted molar refractivity (Wildman–Crippen MR) is 58.8 cm³/mol. The average Bonchev–Trinajstić information content (AvgIpc) is 2.93. The Kier molecular flexibility index (Phi) is 2.91. The van der Waals surface area contributed by atoms with E-state index < -0.39 is 11.9 Å². The van der Waals surface area contributed by atoms with Gasteiger partial charge in [0.2, 0.25) is 5.91 Å². The molecule has 2 aliphatic carbocycles. The quantitative estimate of drug-likeness (QED) is 0.760. The van der Waals surface area contributed by atoms with Crippen molar-refractivity contribution < 1.29 is 14.7 Å². The Morgan fingerprint density at radius 2 is 1.94 bits per heavy atom. The van der Waals surface area contributed by atoms with Crippen molar-refractivity contribution in [1.29, 1.82) is 0 Å². The second kappa shape index (κ2) is 4.07. The summed E-state index contributed by atoms with van der Waals surface area (Å²) in [6, 6.07) is 0. The van der Waals surface area contributed by atoms with Crippen molar-refractivity contribution in [3.63, 3.8) is 0 Å². The van der Waals surface area contributed by atoms with E-state index >= 15 is 0 Å². The third kappa shape index (κ3) is 2.36. The fourth-order valence-corrected chi connectivity index (χ4v) is 2.59. The van der Waals surface area contributed by atoms with Crippen LogP contribution in [0.4, 0.5) is 0 Å². The van der Waals surface area contributed by atoms with Crippen LogP contribution in [-0.4, -0.2) is 23.5 Å². The third-order valence-corrected chi connectivity index (χ3v) is 3.94. The fourth-order valence-electron chi connectivity index (χ4n) is 2.59. The number of carbonyl (C=O) groups excluding carboxylic acids is 1. The first-order valence-corrected chi connectivity index (χ1v) is 6.02. The summed E-state index contributed by atoms with van der Waals surface area (Å²) in [6.07, 6.45) is 5.33. The topological polar surface area (TPSA) is 66.4 Å². The number of rotatable bonds is 4. The Labute approximate surface area is 95.4 Å². The Morgan fingerprint density at radius 3 is 2.44 bits per heavy atom. The first kappa shape index (κ1) is 11.4. The summed E-state index contributed by atoms with van der Waals surface area (Å²) >= 11 is 0. The van der Waals surface area contributed by atoms with Crippen LogP contribution in [0.3, 0.4) is 0 Å². The SMILES string of the molecule is CC1(CNC(=O)[C@@H]2C[C@@H]2C(=O)O)CCCC1. The summed E-state index contributed by atoms with van der Waals surface area (Å²) in [5.41, 5.74) is 0.239. The van der Waals surface area contributed by atoms with Gasteiger partial charge >= 0.3 is 5.97 Å². The van der Waals surface area contributed by atoms with Crippen LogP contribution < -0.4 is 5.32 Å². The average molecular weight is 225 g/mol. The Hall–Kier alpha value is -1.06. The second-order valence-corrected chi connectivity index (χ2v) is 5.52. The monoisotopic (exact) mass is 225 g/mol. The zero-order valence-electron chi connectivity index (χ0n) is 9.66. The van der Waals surface area contributed by atoms with Gasteiger partial charge in [-0.3, -0.25) is 9.59 Å². The highest BCUT2D eigenvalue weighted by atomic mass is 16.4. The van der Waals surface area contributed by atoms with Crippen molar-refractivity contribution >= 4 is 11.9 Å². The van der Waals surface area contributed by atoms with Gasteiger partial charge in [-0.05, 0) is 24.7 Å². The van der Waals surface area contributed by atoms with Gasteiger partial charge in [0, 0.05) is 6.54 Å². The molecule has 1 amide bonds. The van der Waals surface area contributed by atoms with Crippen LogP contribution in [0.5, 0.6) is 0 Å². The fraction of sp³-hybridized carbons (Fsp3) is 0.833. The molecule has 0 aliphatic heterocycles. The molecule has 0 unspecified atom stereocenters. The summed E-state index contributed by atoms with van der Waals surface area (Å²) in [5, 5.41) is 11.6. The van der Waals surface area contributed by atoms with E-state index in [4.69, 9.17) is 5.11 Å². The molecule has 0 radical (unpaired) electrons. The van der Waals surface area contributed by atoms with Gasteiger partial charge < -0.3 is 10.4 Å². The van der Waals surface area contributed by atoms with Crippen LogP contribution in [0.25, 0.3) is 0 Å². The molecule has 0 spiro atoms. The lowest BCUT2D eigenvalue weighted by Gasteiger charge is -2.23. The van der Waals surface area contributed by atoms with Crippen molar-refractivity contribution in [1.82, 2.24) is 5.32 Å². The summed E-state index contributed by atoms with van der Waals surface area (Å²) < 4.78 is 0. The zero-order valence-corrected chi connectivity index (χ0v) is 9.66. The molecule has 0 aromatic heterocycles. The van der Waals surface area contributed by atoms with Gasteiger partial charge in [-0.25, -0.2) is 0 Å². The van der Waals surface area contributed by atoms with Gasteiger partial charge in [-0.15, -0.1) is 0 Å². The van der Waals surface area contributed by atoms with Crippen molar-refractivity contribution in [3.8, 4) is 0 Å². The molecule has 0 saturated heterocycles. The molecule has 0 aromatic carbocycles. The summed E-state index contributed by atoms with van der Waals surface area (Å²) in [7, 11) is 0. The van der Waals surface area contributed by atoms with Crippen molar-refractivity contribution in [2.75, 3.05) is 6.54 Å². The molecule has 90 valence electrons. The number of amides is 1. The van der Waals surface area contributed by atoms with Gasteiger partial charge in [-0.2, -0.15) is 0 Å². The second-order valence-electron chi connectivity index (χ2n) is 5.52. The smallest absolute Gasteiger partial charge is 0.307 e. The van der Waals surface area contributed by atoms with Gasteiger partial charge in [0.05, 0.1) is 11.8 Å². The van der Waals surface area contributed by atoms with Crippen molar-refractivity contribution in [2.24, 2.45) is 17.3 Å². The molecule has 2 rings (SSSR count). The van der Waals surface area contributed by atoms with Crippen LogP contribution in [-0.2, 0) is 9.59 Å². The molecule has 2 fully saturated rings. The van der Waals surface area contributed by atoms with Gasteiger partial charge in [-0.1, -0.05) is 19.8 Å². The molecule has 0 bridgehead atoms. The van der Waals surface area contributed by atoms with Crippen LogP contribution in [0.1, 0.15) is 39.0 Å². The Bertz CT molecular complexity index is 307. The lowest BCUT2D eigenvalue weighted by Crippen LogP contribution is -2.35. The number of hydrogen-bond donors (Lipinski definition) is 2. The number of hydrogen-bond acceptors (Lipinski definition) is 2. The standard InChI is InChI=1S/C12H19NO3/c1-12(4-2-3-5-12)7-13-10(14)8-6-9(8)11(15)16/h8-9H,2-7H2,1H3,(H,13,14)(H,15,16)/t8-,9+/m1/s1. The minimum absolute atomic E-state index is 0.0690. The molecule has 4 heteroatoms. The van der Waals surface area contributed by atoms with E-state index in [0.717, 1.165) is 0 Å². The molecule has 2 N–H and O–H groups in total. The van der Waals surface area contributed by atoms with E-state index in [1.54, 1.807) is 0 Å². The normalized spacial score (nSPS) is 31.1. The molecular formula is C12H19NO3. The maximum atomic E-state index is 11.6. The van der Waals surface area contributed by atoms with E-state index in [2.05, 4.69) is 12.2 Å². The maximum absolute atomic E-state index is 11.6. The maximum Gasteiger partial charge on any atom is 0.307 e. The van der Waals surface area contributed by atoms with Crippen LogP contribution in [0, 0.1) is 17.3 Å². The largest absolute Gasteiger partial charge is 0.481 e. The molecule has 2 aliphatic rings. The van der Waals surface area contributed by atoms with Crippen LogP contribution >= 0.6 is 0 Å². The first-order chi connectivity index (χ1) is 7.52. The highest BCUT2D eigenvalue weighted by Gasteiger charge is 2.48. The van der Waals surface area contributed by atoms with E-state index in [9.17, 15) is 9.59 Å². The predicted octanol–water partition coefficient (Wildman–Crippen LogP) is 1.40. The Morgan fingerprint density at radius 1 is 1.31 bits per heavy atom. The van der Waals surface area contributed by atoms with Crippen LogP contribution in [0.15, 0.2) is 0 Å². The van der Waals surface area contributed by atoms with Crippen molar-refractivity contribution in [2.45, 2.75) is 39.0 Å². The molecule has 4 nitrogen and oxygen atoms in total. The minimum Gasteiger partial charge on any atom is -0.481 e. The highest BCUT2D eigenvalue weighted by Crippen LogP contribution is 2.40. The lowest BCUT2D eigenvalue weighted by molar-refractivity contribution is -0.140.